The average Bonchev–Trinajstić information content (AvgIpc) is 2.82. The predicted molar refractivity (Wildman–Crippen MR) is 77.1 cm³/mol. The first-order valence-electron chi connectivity index (χ1n) is 5.61. The maximum absolute atomic E-state index is 10.9. The molecule has 94 valence electrons. The Morgan fingerprint density at radius 1 is 1.00 bits per heavy atom. The zero-order valence-electron chi connectivity index (χ0n) is 9.69. The molecule has 3 rings (SSSR count). The summed E-state index contributed by atoms with van der Waals surface area (Å²) in [6, 6.07) is 12.5. The summed E-state index contributed by atoms with van der Waals surface area (Å²) in [6.45, 7) is 0. The second-order valence-electron chi connectivity index (χ2n) is 4.15. The Hall–Kier alpha value is -1.77. The monoisotopic (exact) mass is 290 g/mol. The third kappa shape index (κ3) is 2.25. The van der Waals surface area contributed by atoms with Crippen molar-refractivity contribution in [2.24, 2.45) is 0 Å². The summed E-state index contributed by atoms with van der Waals surface area (Å²) in [5, 5.41) is 2.01. The average molecular weight is 291 g/mol. The third-order valence-electron chi connectivity index (χ3n) is 2.89. The van der Waals surface area contributed by atoms with Crippen molar-refractivity contribution in [2.75, 3.05) is 0 Å². The van der Waals surface area contributed by atoms with Gasteiger partial charge >= 0.3 is 0 Å². The number of halogens is 2. The molecule has 0 saturated carbocycles. The number of hydrogen-bond acceptors (Lipinski definition) is 2. The molecule has 0 unspecified atom stereocenters. The first-order valence-corrected chi connectivity index (χ1v) is 6.37. The van der Waals surface area contributed by atoms with E-state index in [9.17, 15) is 4.79 Å². The van der Waals surface area contributed by atoms with Gasteiger partial charge in [-0.25, -0.2) is 0 Å². The first kappa shape index (κ1) is 12.3. The second kappa shape index (κ2) is 4.72. The number of aldehydes is 1. The van der Waals surface area contributed by atoms with Crippen molar-refractivity contribution in [1.82, 2.24) is 0 Å². The molecule has 0 radical (unpaired) electrons. The van der Waals surface area contributed by atoms with Gasteiger partial charge in [0.25, 0.3) is 0 Å². The number of furan rings is 1. The molecule has 0 saturated heterocycles. The van der Waals surface area contributed by atoms with E-state index in [4.69, 9.17) is 27.6 Å². The first-order chi connectivity index (χ1) is 9.17. The Morgan fingerprint density at radius 2 is 1.84 bits per heavy atom. The Balaban J connectivity index is 2.16. The van der Waals surface area contributed by atoms with Crippen molar-refractivity contribution in [1.29, 1.82) is 0 Å². The van der Waals surface area contributed by atoms with Gasteiger partial charge in [-0.1, -0.05) is 23.2 Å². The van der Waals surface area contributed by atoms with Gasteiger partial charge in [0.15, 0.2) is 6.29 Å². The maximum atomic E-state index is 10.9. The molecule has 0 N–H and O–H groups in total. The molecule has 0 aliphatic carbocycles. The van der Waals surface area contributed by atoms with Gasteiger partial charge < -0.3 is 4.42 Å². The highest BCUT2D eigenvalue weighted by Crippen LogP contribution is 2.31. The summed E-state index contributed by atoms with van der Waals surface area (Å²) >= 11 is 11.8. The van der Waals surface area contributed by atoms with Gasteiger partial charge in [0.1, 0.15) is 11.3 Å². The molecule has 0 fully saturated rings. The van der Waals surface area contributed by atoms with Crippen LogP contribution in [0.15, 0.2) is 46.9 Å². The fourth-order valence-corrected chi connectivity index (χ4v) is 2.29. The minimum Gasteiger partial charge on any atom is -0.456 e. The molecule has 2 nitrogen and oxygen atoms in total. The zero-order chi connectivity index (χ0) is 13.4. The van der Waals surface area contributed by atoms with Crippen LogP contribution in [0.2, 0.25) is 10.0 Å². The molecule has 0 aliphatic heterocycles. The van der Waals surface area contributed by atoms with E-state index in [0.29, 0.717) is 21.4 Å². The molecule has 19 heavy (non-hydrogen) atoms. The van der Waals surface area contributed by atoms with Crippen LogP contribution >= 0.6 is 23.2 Å². The molecule has 0 atom stereocenters. The number of benzene rings is 2. The van der Waals surface area contributed by atoms with E-state index in [2.05, 4.69) is 0 Å². The van der Waals surface area contributed by atoms with E-state index < -0.39 is 0 Å². The van der Waals surface area contributed by atoms with Crippen molar-refractivity contribution in [2.45, 2.75) is 0 Å². The molecule has 1 aromatic heterocycles. The lowest BCUT2D eigenvalue weighted by molar-refractivity contribution is 0.112. The van der Waals surface area contributed by atoms with E-state index >= 15 is 0 Å². The van der Waals surface area contributed by atoms with E-state index in [1.165, 1.54) is 0 Å². The van der Waals surface area contributed by atoms with Crippen LogP contribution in [0, 0.1) is 0 Å². The van der Waals surface area contributed by atoms with Crippen LogP contribution in [0.1, 0.15) is 10.4 Å². The molecule has 1 heterocycles. The zero-order valence-corrected chi connectivity index (χ0v) is 11.2. The van der Waals surface area contributed by atoms with Crippen molar-refractivity contribution in [3.05, 3.63) is 58.1 Å². The lowest BCUT2D eigenvalue weighted by Crippen LogP contribution is -1.83. The summed E-state index contributed by atoms with van der Waals surface area (Å²) in [6.07, 6.45) is 0.728. The summed E-state index contributed by atoms with van der Waals surface area (Å²) in [4.78, 5) is 10.9. The van der Waals surface area contributed by atoms with Gasteiger partial charge in [0.05, 0.1) is 5.02 Å². The molecule has 0 bridgehead atoms. The Labute approximate surface area is 119 Å². The van der Waals surface area contributed by atoms with Crippen molar-refractivity contribution in [3.63, 3.8) is 0 Å². The van der Waals surface area contributed by atoms with Crippen molar-refractivity contribution in [3.8, 4) is 11.3 Å². The van der Waals surface area contributed by atoms with Crippen LogP contribution in [-0.2, 0) is 0 Å². The summed E-state index contributed by atoms with van der Waals surface area (Å²) in [5.41, 5.74) is 2.00. The normalized spacial score (nSPS) is 10.8. The minimum absolute atomic E-state index is 0.429. The molecule has 0 amide bonds. The number of rotatable bonds is 2. The molecule has 3 aromatic rings. The smallest absolute Gasteiger partial charge is 0.151 e. The quantitative estimate of drug-likeness (QED) is 0.606. The molecular weight excluding hydrogens is 283 g/mol. The van der Waals surface area contributed by atoms with E-state index in [-0.39, 0.29) is 0 Å². The summed E-state index contributed by atoms with van der Waals surface area (Å²) < 4.78 is 5.73. The predicted octanol–water partition coefficient (Wildman–Crippen LogP) is 5.22. The Bertz CT molecular complexity index is 775. The van der Waals surface area contributed by atoms with Gasteiger partial charge in [-0.05, 0) is 42.5 Å². The minimum atomic E-state index is 0.429. The molecular formula is C15H8Cl2O2. The second-order valence-corrected chi connectivity index (χ2v) is 4.99. The van der Waals surface area contributed by atoms with Gasteiger partial charge in [0, 0.05) is 21.5 Å². The van der Waals surface area contributed by atoms with Crippen LogP contribution < -0.4 is 0 Å². The molecule has 4 heteroatoms. The van der Waals surface area contributed by atoms with Gasteiger partial charge in [0.2, 0.25) is 0 Å². The largest absolute Gasteiger partial charge is 0.456 e. The number of carbonyl (C=O) groups is 1. The van der Waals surface area contributed by atoms with Gasteiger partial charge in [-0.3, -0.25) is 4.79 Å². The number of fused-ring (bicyclic) bond motifs is 1. The lowest BCUT2D eigenvalue weighted by atomic mass is 10.1. The Morgan fingerprint density at radius 3 is 2.63 bits per heavy atom. The highest BCUT2D eigenvalue weighted by Gasteiger charge is 2.09. The topological polar surface area (TPSA) is 30.2 Å². The van der Waals surface area contributed by atoms with E-state index in [0.717, 1.165) is 22.8 Å². The maximum Gasteiger partial charge on any atom is 0.151 e. The highest BCUT2D eigenvalue weighted by atomic mass is 35.5. The van der Waals surface area contributed by atoms with Gasteiger partial charge in [-0.15, -0.1) is 0 Å². The summed E-state index contributed by atoms with van der Waals surface area (Å²) in [5.74, 6) is 0.678. The fourth-order valence-electron chi connectivity index (χ4n) is 1.94. The molecule has 0 aliphatic rings. The van der Waals surface area contributed by atoms with Gasteiger partial charge in [-0.2, -0.15) is 0 Å². The Kier molecular flexibility index (Phi) is 3.05. The summed E-state index contributed by atoms with van der Waals surface area (Å²) in [7, 11) is 0. The van der Waals surface area contributed by atoms with Crippen LogP contribution in [0.3, 0.4) is 0 Å². The number of carbonyl (C=O) groups excluding carboxylic acids is 1. The van der Waals surface area contributed by atoms with Crippen LogP contribution in [0.25, 0.3) is 22.3 Å². The van der Waals surface area contributed by atoms with Crippen molar-refractivity contribution >= 4 is 40.5 Å². The lowest BCUT2D eigenvalue weighted by Gasteiger charge is -1.99. The van der Waals surface area contributed by atoms with Crippen LogP contribution in [0.5, 0.6) is 0 Å². The van der Waals surface area contributed by atoms with Crippen LogP contribution in [-0.4, -0.2) is 6.29 Å². The fraction of sp³-hybridized carbons (Fsp3) is 0. The standard InChI is InChI=1S/C15H8Cl2O2/c16-12-2-4-14-10(6-12)7-15(19-14)9-1-3-13(17)11(5-9)8-18/h1-8H. The SMILES string of the molecule is O=Cc1cc(-c2cc3cc(Cl)ccc3o2)ccc1Cl. The van der Waals surface area contributed by atoms with Crippen molar-refractivity contribution < 1.29 is 9.21 Å². The molecule has 2 aromatic carbocycles. The van der Waals surface area contributed by atoms with E-state index in [1.807, 2.05) is 24.3 Å². The number of hydrogen-bond donors (Lipinski definition) is 0. The highest BCUT2D eigenvalue weighted by molar-refractivity contribution is 6.33. The molecule has 0 spiro atoms. The van der Waals surface area contributed by atoms with E-state index in [1.54, 1.807) is 18.2 Å². The van der Waals surface area contributed by atoms with Crippen LogP contribution in [0.4, 0.5) is 0 Å². The third-order valence-corrected chi connectivity index (χ3v) is 3.47.